The maximum absolute atomic E-state index is 12.0. The molecule has 2 N–H and O–H groups in total. The molecule has 8 heteroatoms. The zero-order valence-electron chi connectivity index (χ0n) is 13.6. The number of hydrogen-bond donors (Lipinski definition) is 2. The lowest BCUT2D eigenvalue weighted by Gasteiger charge is -2.19. The highest BCUT2D eigenvalue weighted by Crippen LogP contribution is 2.14. The van der Waals surface area contributed by atoms with Gasteiger partial charge in [-0.2, -0.15) is 0 Å². The van der Waals surface area contributed by atoms with E-state index in [-0.39, 0.29) is 11.8 Å². The first-order valence-electron chi connectivity index (χ1n) is 7.67. The first-order valence-corrected chi connectivity index (χ1v) is 9.73. The molecule has 2 aromatic rings. The van der Waals surface area contributed by atoms with Gasteiger partial charge >= 0.3 is 6.03 Å². The van der Waals surface area contributed by atoms with Crippen molar-refractivity contribution in [3.8, 4) is 0 Å². The molecule has 1 aromatic carbocycles. The second-order valence-electron chi connectivity index (χ2n) is 5.61. The maximum atomic E-state index is 12.0. The van der Waals surface area contributed by atoms with E-state index < -0.39 is 15.9 Å². The van der Waals surface area contributed by atoms with Crippen molar-refractivity contribution in [3.63, 3.8) is 0 Å². The van der Waals surface area contributed by atoms with Crippen molar-refractivity contribution in [1.29, 1.82) is 0 Å². The highest BCUT2D eigenvalue weighted by molar-refractivity contribution is 7.90. The smallest absolute Gasteiger partial charge is 0.315 e. The molecule has 0 aliphatic carbocycles. The summed E-state index contributed by atoms with van der Waals surface area (Å²) >= 11 is 0. The van der Waals surface area contributed by atoms with Gasteiger partial charge in [-0.15, -0.1) is 0 Å². The fourth-order valence-electron chi connectivity index (χ4n) is 2.30. The molecule has 1 atom stereocenters. The molecule has 1 aromatic heterocycles. The summed E-state index contributed by atoms with van der Waals surface area (Å²) in [6.45, 7) is 1.25. The summed E-state index contributed by atoms with van der Waals surface area (Å²) in [5.41, 5.74) is 0.761. The van der Waals surface area contributed by atoms with E-state index in [0.717, 1.165) is 24.8 Å². The average Bonchev–Trinajstić information content (AvgIpc) is 3.04. The van der Waals surface area contributed by atoms with Crippen LogP contribution in [0.2, 0.25) is 0 Å². The Balaban J connectivity index is 1.85. The number of nitrogens with one attached hydrogen (secondary N) is 2. The summed E-state index contributed by atoms with van der Waals surface area (Å²) < 4.78 is 25.1. The third kappa shape index (κ3) is 6.41. The van der Waals surface area contributed by atoms with Crippen molar-refractivity contribution in [2.24, 2.45) is 0 Å². The second-order valence-corrected chi connectivity index (χ2v) is 7.79. The monoisotopic (exact) mass is 350 g/mol. The van der Waals surface area contributed by atoms with E-state index in [0.29, 0.717) is 6.54 Å². The van der Waals surface area contributed by atoms with Crippen LogP contribution in [0, 0.1) is 0 Å². The summed E-state index contributed by atoms with van der Waals surface area (Å²) in [6, 6.07) is 8.12. The minimum absolute atomic E-state index is 0.139. The molecule has 2 rings (SSSR count). The number of amides is 2. The van der Waals surface area contributed by atoms with Crippen LogP contribution in [0.3, 0.4) is 0 Å². The highest BCUT2D eigenvalue weighted by atomic mass is 32.2. The van der Waals surface area contributed by atoms with Crippen molar-refractivity contribution in [1.82, 2.24) is 20.2 Å². The summed E-state index contributed by atoms with van der Waals surface area (Å²) in [6.07, 6.45) is 7.20. The molecular formula is C16H22N4O3S. The number of aromatic nitrogens is 2. The van der Waals surface area contributed by atoms with Crippen molar-refractivity contribution < 1.29 is 13.2 Å². The summed E-state index contributed by atoms with van der Waals surface area (Å²) in [7, 11) is -3.22. The SMILES string of the molecule is CS(=O)(=O)C[C@H](NC(=O)NCCCn1ccnc1)c1ccccc1. The van der Waals surface area contributed by atoms with Gasteiger partial charge in [0.2, 0.25) is 0 Å². The fourth-order valence-corrected chi connectivity index (χ4v) is 3.18. The van der Waals surface area contributed by atoms with E-state index >= 15 is 0 Å². The topological polar surface area (TPSA) is 93.1 Å². The number of sulfone groups is 1. The average molecular weight is 350 g/mol. The molecule has 0 bridgehead atoms. The standard InChI is InChI=1S/C16H22N4O3S/c1-24(22,23)12-15(14-6-3-2-4-7-14)19-16(21)18-8-5-10-20-11-9-17-13-20/h2-4,6-7,9,11,13,15H,5,8,10,12H2,1H3,(H2,18,19,21)/t15-/m0/s1. The third-order valence-corrected chi connectivity index (χ3v) is 4.35. The van der Waals surface area contributed by atoms with E-state index in [4.69, 9.17) is 0 Å². The molecule has 0 fully saturated rings. The molecular weight excluding hydrogens is 328 g/mol. The normalized spacial score (nSPS) is 12.5. The van der Waals surface area contributed by atoms with Crippen LogP contribution in [0.4, 0.5) is 4.79 Å². The van der Waals surface area contributed by atoms with Gasteiger partial charge in [0.05, 0.1) is 18.1 Å². The molecule has 0 saturated heterocycles. The minimum atomic E-state index is -3.22. The van der Waals surface area contributed by atoms with E-state index in [9.17, 15) is 13.2 Å². The van der Waals surface area contributed by atoms with Gasteiger partial charge in [-0.05, 0) is 12.0 Å². The van der Waals surface area contributed by atoms with Gasteiger partial charge in [-0.3, -0.25) is 0 Å². The van der Waals surface area contributed by atoms with Crippen molar-refractivity contribution in [2.75, 3.05) is 18.6 Å². The van der Waals surface area contributed by atoms with Gasteiger partial charge < -0.3 is 15.2 Å². The van der Waals surface area contributed by atoms with Crippen LogP contribution in [-0.4, -0.2) is 42.6 Å². The van der Waals surface area contributed by atoms with Crippen LogP contribution < -0.4 is 10.6 Å². The van der Waals surface area contributed by atoms with Gasteiger partial charge in [0.1, 0.15) is 9.84 Å². The Bertz CT molecular complexity index is 730. The first-order chi connectivity index (χ1) is 11.4. The summed E-state index contributed by atoms with van der Waals surface area (Å²) in [5.74, 6) is -0.139. The van der Waals surface area contributed by atoms with Gasteiger partial charge in [0, 0.05) is 31.7 Å². The van der Waals surface area contributed by atoms with Gasteiger partial charge in [-0.1, -0.05) is 30.3 Å². The number of urea groups is 1. The number of carbonyl (C=O) groups excluding carboxylic acids is 1. The van der Waals surface area contributed by atoms with Gasteiger partial charge in [0.15, 0.2) is 0 Å². The molecule has 0 aliphatic heterocycles. The fraction of sp³-hybridized carbons (Fsp3) is 0.375. The Morgan fingerprint density at radius 1 is 1.29 bits per heavy atom. The first kappa shape index (κ1) is 18.0. The van der Waals surface area contributed by atoms with Crippen molar-refractivity contribution in [3.05, 3.63) is 54.6 Å². The summed E-state index contributed by atoms with van der Waals surface area (Å²) in [5, 5.41) is 5.49. The van der Waals surface area contributed by atoms with E-state index in [1.54, 1.807) is 24.7 Å². The number of nitrogens with zero attached hydrogens (tertiary/aromatic N) is 2. The molecule has 0 saturated carbocycles. The Hall–Kier alpha value is -2.35. The van der Waals surface area contributed by atoms with Crippen LogP contribution in [-0.2, 0) is 16.4 Å². The second kappa shape index (κ2) is 8.49. The predicted octanol–water partition coefficient (Wildman–Crippen LogP) is 1.36. The van der Waals surface area contributed by atoms with E-state index in [2.05, 4.69) is 15.6 Å². The lowest BCUT2D eigenvalue weighted by molar-refractivity contribution is 0.237. The van der Waals surface area contributed by atoms with Crippen molar-refractivity contribution >= 4 is 15.9 Å². The van der Waals surface area contributed by atoms with Crippen molar-refractivity contribution in [2.45, 2.75) is 19.0 Å². The number of hydrogen-bond acceptors (Lipinski definition) is 4. The zero-order valence-corrected chi connectivity index (χ0v) is 14.4. The number of rotatable bonds is 8. The Labute approximate surface area is 142 Å². The molecule has 7 nitrogen and oxygen atoms in total. The number of imidazole rings is 1. The molecule has 1 heterocycles. The third-order valence-electron chi connectivity index (χ3n) is 3.41. The quantitative estimate of drug-likeness (QED) is 0.703. The lowest BCUT2D eigenvalue weighted by atomic mass is 10.1. The van der Waals surface area contributed by atoms with E-state index in [1.165, 1.54) is 0 Å². The van der Waals surface area contributed by atoms with Gasteiger partial charge in [-0.25, -0.2) is 18.2 Å². The molecule has 24 heavy (non-hydrogen) atoms. The highest BCUT2D eigenvalue weighted by Gasteiger charge is 2.19. The Morgan fingerprint density at radius 3 is 2.67 bits per heavy atom. The summed E-state index contributed by atoms with van der Waals surface area (Å²) in [4.78, 5) is 16.0. The number of benzene rings is 1. The Morgan fingerprint density at radius 2 is 2.04 bits per heavy atom. The van der Waals surface area contributed by atoms with Gasteiger partial charge in [0.25, 0.3) is 0 Å². The maximum Gasteiger partial charge on any atom is 0.315 e. The number of aryl methyl sites for hydroxylation is 1. The molecule has 0 radical (unpaired) electrons. The molecule has 0 spiro atoms. The lowest BCUT2D eigenvalue weighted by Crippen LogP contribution is -2.40. The molecule has 0 unspecified atom stereocenters. The molecule has 0 aliphatic rings. The Kier molecular flexibility index (Phi) is 6.36. The predicted molar refractivity (Wildman–Crippen MR) is 92.3 cm³/mol. The molecule has 130 valence electrons. The van der Waals surface area contributed by atoms with E-state index in [1.807, 2.05) is 29.0 Å². The van der Waals surface area contributed by atoms with Crippen LogP contribution in [0.25, 0.3) is 0 Å². The van der Waals surface area contributed by atoms with Crippen LogP contribution in [0.5, 0.6) is 0 Å². The molecule has 2 amide bonds. The van der Waals surface area contributed by atoms with Crippen LogP contribution in [0.1, 0.15) is 18.0 Å². The van der Waals surface area contributed by atoms with Crippen LogP contribution in [0.15, 0.2) is 49.1 Å². The largest absolute Gasteiger partial charge is 0.338 e. The zero-order chi connectivity index (χ0) is 17.4. The number of carbonyl (C=O) groups is 1. The minimum Gasteiger partial charge on any atom is -0.338 e. The van der Waals surface area contributed by atoms with Crippen LogP contribution >= 0.6 is 0 Å².